The van der Waals surface area contributed by atoms with Gasteiger partial charge in [-0.15, -0.1) is 0 Å². The number of hydrogen-bond donors (Lipinski definition) is 1. The van der Waals surface area contributed by atoms with E-state index < -0.39 is 22.9 Å². The number of esters is 1. The largest absolute Gasteiger partial charge is 0.495 e. The molecule has 0 aromatic heterocycles. The third-order valence-corrected chi connectivity index (χ3v) is 4.14. The van der Waals surface area contributed by atoms with Crippen LogP contribution in [0.25, 0.3) is 0 Å². The van der Waals surface area contributed by atoms with Gasteiger partial charge in [-0.3, -0.25) is 19.7 Å². The van der Waals surface area contributed by atoms with Crippen molar-refractivity contribution in [2.45, 2.75) is 32.8 Å². The zero-order valence-corrected chi connectivity index (χ0v) is 17.0. The molecule has 2 rings (SSSR count). The molecule has 0 unspecified atom stereocenters. The molecule has 2 aromatic rings. The molecule has 0 saturated heterocycles. The van der Waals surface area contributed by atoms with Crippen molar-refractivity contribution in [3.8, 4) is 11.5 Å². The van der Waals surface area contributed by atoms with Crippen LogP contribution in [0.2, 0.25) is 0 Å². The van der Waals surface area contributed by atoms with E-state index in [4.69, 9.17) is 14.2 Å². The van der Waals surface area contributed by atoms with Crippen LogP contribution in [0.15, 0.2) is 42.5 Å². The van der Waals surface area contributed by atoms with Gasteiger partial charge < -0.3 is 19.5 Å². The van der Waals surface area contributed by atoms with Crippen LogP contribution in [0.3, 0.4) is 0 Å². The van der Waals surface area contributed by atoms with E-state index in [1.165, 1.54) is 32.2 Å². The Labute approximate surface area is 174 Å². The van der Waals surface area contributed by atoms with Gasteiger partial charge in [0, 0.05) is 18.6 Å². The molecule has 0 aliphatic rings. The fourth-order valence-corrected chi connectivity index (χ4v) is 2.49. The quantitative estimate of drug-likeness (QED) is 0.272. The molecule has 1 atom stereocenters. The van der Waals surface area contributed by atoms with Gasteiger partial charge in [-0.05, 0) is 38.5 Å². The number of nitrogens with one attached hydrogen (secondary N) is 1. The standard InChI is InChI=1S/C21H24N2O7/c1-14-6-9-17(10-7-14)29-12-4-5-20(24)30-15(2)21(25)22-18-13-16(23(26)27)8-11-19(18)28-3/h6-11,13,15H,4-5,12H2,1-3H3,(H,22,25)/t15-/m0/s1. The van der Waals surface area contributed by atoms with Gasteiger partial charge in [0.25, 0.3) is 11.6 Å². The Morgan fingerprint density at radius 1 is 1.17 bits per heavy atom. The minimum atomic E-state index is -1.08. The van der Waals surface area contributed by atoms with Gasteiger partial charge >= 0.3 is 5.97 Å². The first-order chi connectivity index (χ1) is 14.3. The van der Waals surface area contributed by atoms with E-state index in [1.807, 2.05) is 31.2 Å². The van der Waals surface area contributed by atoms with Crippen LogP contribution in [0.4, 0.5) is 11.4 Å². The highest BCUT2D eigenvalue weighted by Crippen LogP contribution is 2.29. The van der Waals surface area contributed by atoms with Gasteiger partial charge in [0.2, 0.25) is 0 Å². The highest BCUT2D eigenvalue weighted by Gasteiger charge is 2.20. The number of carbonyl (C=O) groups is 2. The molecule has 0 aliphatic carbocycles. The second-order valence-electron chi connectivity index (χ2n) is 6.53. The van der Waals surface area contributed by atoms with Crippen LogP contribution in [0.5, 0.6) is 11.5 Å². The van der Waals surface area contributed by atoms with Crippen molar-refractivity contribution in [3.63, 3.8) is 0 Å². The first kappa shape index (κ1) is 22.7. The normalized spacial score (nSPS) is 11.3. The van der Waals surface area contributed by atoms with E-state index in [9.17, 15) is 19.7 Å². The van der Waals surface area contributed by atoms with Crippen LogP contribution in [0.1, 0.15) is 25.3 Å². The van der Waals surface area contributed by atoms with E-state index in [0.717, 1.165) is 5.56 Å². The summed E-state index contributed by atoms with van der Waals surface area (Å²) in [6.07, 6.45) is -0.567. The Balaban J connectivity index is 1.80. The monoisotopic (exact) mass is 416 g/mol. The molecule has 0 bridgehead atoms. The molecule has 0 radical (unpaired) electrons. The average molecular weight is 416 g/mol. The van der Waals surface area contributed by atoms with Gasteiger partial charge in [-0.25, -0.2) is 0 Å². The summed E-state index contributed by atoms with van der Waals surface area (Å²) in [7, 11) is 1.37. The Bertz CT molecular complexity index is 897. The van der Waals surface area contributed by atoms with Crippen LogP contribution < -0.4 is 14.8 Å². The Morgan fingerprint density at radius 3 is 2.50 bits per heavy atom. The summed E-state index contributed by atoms with van der Waals surface area (Å²) in [5.41, 5.74) is 1.04. The molecule has 9 heteroatoms. The summed E-state index contributed by atoms with van der Waals surface area (Å²) >= 11 is 0. The molecule has 30 heavy (non-hydrogen) atoms. The molecule has 0 spiro atoms. The number of non-ortho nitro benzene ring substituents is 1. The van der Waals surface area contributed by atoms with Crippen molar-refractivity contribution in [2.75, 3.05) is 19.0 Å². The molecular formula is C21H24N2O7. The maximum absolute atomic E-state index is 12.3. The fraction of sp³-hybridized carbons (Fsp3) is 0.333. The molecule has 160 valence electrons. The van der Waals surface area contributed by atoms with E-state index in [-0.39, 0.29) is 23.5 Å². The molecular weight excluding hydrogens is 392 g/mol. The van der Waals surface area contributed by atoms with E-state index >= 15 is 0 Å². The maximum atomic E-state index is 12.3. The van der Waals surface area contributed by atoms with Gasteiger partial charge in [-0.2, -0.15) is 0 Å². The van der Waals surface area contributed by atoms with Gasteiger partial charge in [0.05, 0.1) is 24.3 Å². The number of nitrogens with zero attached hydrogens (tertiary/aromatic N) is 1. The SMILES string of the molecule is COc1ccc([N+](=O)[O-])cc1NC(=O)[C@H](C)OC(=O)CCCOc1ccc(C)cc1. The molecule has 9 nitrogen and oxygen atoms in total. The van der Waals surface area contributed by atoms with Crippen LogP contribution in [-0.4, -0.2) is 36.6 Å². The highest BCUT2D eigenvalue weighted by molar-refractivity contribution is 5.96. The van der Waals surface area contributed by atoms with Crippen LogP contribution >= 0.6 is 0 Å². The number of nitro groups is 1. The molecule has 2 aromatic carbocycles. The average Bonchev–Trinajstić information content (AvgIpc) is 2.72. The number of nitro benzene ring substituents is 1. The summed E-state index contributed by atoms with van der Waals surface area (Å²) in [6, 6.07) is 11.4. The number of aryl methyl sites for hydroxylation is 1. The summed E-state index contributed by atoms with van der Waals surface area (Å²) in [5.74, 6) is -0.206. The fourth-order valence-electron chi connectivity index (χ4n) is 2.49. The molecule has 1 N–H and O–H groups in total. The van der Waals surface area contributed by atoms with Crippen molar-refractivity contribution in [3.05, 3.63) is 58.1 Å². The lowest BCUT2D eigenvalue weighted by Gasteiger charge is -2.15. The summed E-state index contributed by atoms with van der Waals surface area (Å²) in [6.45, 7) is 3.73. The minimum absolute atomic E-state index is 0.0869. The second kappa shape index (κ2) is 10.8. The van der Waals surface area contributed by atoms with Crippen molar-refractivity contribution >= 4 is 23.3 Å². The number of anilines is 1. The lowest BCUT2D eigenvalue weighted by molar-refractivity contribution is -0.384. The van der Waals surface area contributed by atoms with Crippen molar-refractivity contribution in [1.82, 2.24) is 0 Å². The number of hydrogen-bond acceptors (Lipinski definition) is 7. The molecule has 1 amide bonds. The zero-order chi connectivity index (χ0) is 22.1. The number of methoxy groups -OCH3 is 1. The third-order valence-electron chi connectivity index (χ3n) is 4.14. The molecule has 0 aliphatic heterocycles. The Morgan fingerprint density at radius 2 is 1.87 bits per heavy atom. The van der Waals surface area contributed by atoms with Crippen molar-refractivity contribution in [2.24, 2.45) is 0 Å². The van der Waals surface area contributed by atoms with Gasteiger partial charge in [-0.1, -0.05) is 17.7 Å². The number of amides is 1. The van der Waals surface area contributed by atoms with Crippen molar-refractivity contribution in [1.29, 1.82) is 0 Å². The first-order valence-corrected chi connectivity index (χ1v) is 9.32. The summed E-state index contributed by atoms with van der Waals surface area (Å²) < 4.78 is 15.8. The lowest BCUT2D eigenvalue weighted by atomic mass is 10.2. The molecule has 0 fully saturated rings. The topological polar surface area (TPSA) is 117 Å². The van der Waals surface area contributed by atoms with Gasteiger partial charge in [0.1, 0.15) is 11.5 Å². The minimum Gasteiger partial charge on any atom is -0.495 e. The third kappa shape index (κ3) is 6.77. The summed E-state index contributed by atoms with van der Waals surface area (Å²) in [4.78, 5) is 34.6. The zero-order valence-electron chi connectivity index (χ0n) is 17.0. The predicted octanol–water partition coefficient (Wildman–Crippen LogP) is 3.64. The highest BCUT2D eigenvalue weighted by atomic mass is 16.6. The Hall–Kier alpha value is -3.62. The Kier molecular flexibility index (Phi) is 8.16. The lowest BCUT2D eigenvalue weighted by Crippen LogP contribution is -2.30. The molecule has 0 heterocycles. The van der Waals surface area contributed by atoms with Crippen LogP contribution in [-0.2, 0) is 14.3 Å². The molecule has 0 saturated carbocycles. The van der Waals surface area contributed by atoms with E-state index in [1.54, 1.807) is 0 Å². The van der Waals surface area contributed by atoms with E-state index in [2.05, 4.69) is 5.32 Å². The predicted molar refractivity (Wildman–Crippen MR) is 110 cm³/mol. The van der Waals surface area contributed by atoms with E-state index in [0.29, 0.717) is 18.8 Å². The van der Waals surface area contributed by atoms with Crippen molar-refractivity contribution < 1.29 is 28.7 Å². The summed E-state index contributed by atoms with van der Waals surface area (Å²) in [5, 5.41) is 13.4. The number of benzene rings is 2. The first-order valence-electron chi connectivity index (χ1n) is 9.32. The smallest absolute Gasteiger partial charge is 0.306 e. The van der Waals surface area contributed by atoms with Gasteiger partial charge in [0.15, 0.2) is 6.10 Å². The van der Waals surface area contributed by atoms with Crippen LogP contribution in [0, 0.1) is 17.0 Å². The second-order valence-corrected chi connectivity index (χ2v) is 6.53. The maximum Gasteiger partial charge on any atom is 0.306 e. The number of rotatable bonds is 10. The number of carbonyl (C=O) groups excluding carboxylic acids is 2. The number of ether oxygens (including phenoxy) is 3.